The third-order valence-electron chi connectivity index (χ3n) is 2.91. The predicted octanol–water partition coefficient (Wildman–Crippen LogP) is -0.290. The van der Waals surface area contributed by atoms with Gasteiger partial charge in [-0.1, -0.05) is 0 Å². The molecule has 0 rings (SSSR count). The molecule has 0 saturated carbocycles. The molecule has 0 saturated heterocycles. The summed E-state index contributed by atoms with van der Waals surface area (Å²) in [5, 5.41) is 35.6. The lowest BCUT2D eigenvalue weighted by molar-refractivity contribution is -0.139. The van der Waals surface area contributed by atoms with E-state index in [2.05, 4.69) is 4.99 Å². The number of nitrogens with zero attached hydrogens (tertiary/aromatic N) is 1. The second kappa shape index (κ2) is 10.7. The summed E-state index contributed by atoms with van der Waals surface area (Å²) in [5.74, 6) is -3.42. The molecule has 0 aromatic rings. The van der Waals surface area contributed by atoms with Crippen LogP contribution < -0.4 is 5.73 Å². The monoisotopic (exact) mass is 318 g/mol. The topological polar surface area (TPSA) is 171 Å². The fourth-order valence-electron chi connectivity index (χ4n) is 1.65. The van der Waals surface area contributed by atoms with Crippen LogP contribution in [0.5, 0.6) is 0 Å². The smallest absolute Gasteiger partial charge is 0.349 e. The van der Waals surface area contributed by atoms with Gasteiger partial charge >= 0.3 is 17.9 Å². The van der Waals surface area contributed by atoms with E-state index in [1.807, 2.05) is 0 Å². The molecule has 0 spiro atoms. The molecule has 0 fully saturated rings. The molecular weight excluding hydrogens is 296 g/mol. The minimum absolute atomic E-state index is 0.0465. The number of hydrogen-bond acceptors (Lipinski definition) is 6. The van der Waals surface area contributed by atoms with Crippen LogP contribution in [-0.2, 0) is 14.4 Å². The van der Waals surface area contributed by atoms with Crippen molar-refractivity contribution in [2.75, 3.05) is 6.54 Å². The van der Waals surface area contributed by atoms with Crippen LogP contribution in [0.3, 0.4) is 0 Å². The standard InChI is InChI=1S/C13H22N2O7/c14-9(12(19)20)3-1-2-6-15-10(13(21)22)7-8(16)4-5-11(17)18/h8-9,16H,1-7,14H2,(H,17,18)(H,19,20)(H,21,22)/t8-,9-/m0/s1. The molecular formula is C13H22N2O7. The van der Waals surface area contributed by atoms with Gasteiger partial charge in [-0.2, -0.15) is 0 Å². The van der Waals surface area contributed by atoms with Gasteiger partial charge in [0.05, 0.1) is 6.10 Å². The van der Waals surface area contributed by atoms with Crippen LogP contribution in [0.2, 0.25) is 0 Å². The molecule has 22 heavy (non-hydrogen) atoms. The molecule has 0 aliphatic rings. The van der Waals surface area contributed by atoms with E-state index in [-0.39, 0.29) is 37.9 Å². The Kier molecular flexibility index (Phi) is 9.72. The summed E-state index contributed by atoms with van der Waals surface area (Å²) < 4.78 is 0. The van der Waals surface area contributed by atoms with E-state index in [1.54, 1.807) is 0 Å². The lowest BCUT2D eigenvalue weighted by atomic mass is 10.1. The Labute approximate surface area is 127 Å². The predicted molar refractivity (Wildman–Crippen MR) is 76.9 cm³/mol. The number of nitrogens with two attached hydrogens (primary N) is 1. The van der Waals surface area contributed by atoms with E-state index < -0.39 is 30.1 Å². The summed E-state index contributed by atoms with van der Waals surface area (Å²) in [7, 11) is 0. The van der Waals surface area contributed by atoms with Crippen LogP contribution in [0.15, 0.2) is 4.99 Å². The number of rotatable bonds is 12. The van der Waals surface area contributed by atoms with Crippen molar-refractivity contribution < 1.29 is 34.8 Å². The van der Waals surface area contributed by atoms with Crippen molar-refractivity contribution >= 4 is 23.6 Å². The number of aliphatic hydroxyl groups is 1. The van der Waals surface area contributed by atoms with E-state index in [1.165, 1.54) is 0 Å². The second-order valence-corrected chi connectivity index (χ2v) is 4.86. The molecule has 9 heteroatoms. The van der Waals surface area contributed by atoms with Crippen LogP contribution in [0.1, 0.15) is 38.5 Å². The number of carbonyl (C=O) groups is 3. The highest BCUT2D eigenvalue weighted by molar-refractivity contribution is 6.35. The van der Waals surface area contributed by atoms with Crippen molar-refractivity contribution in [3.63, 3.8) is 0 Å². The zero-order valence-corrected chi connectivity index (χ0v) is 12.1. The summed E-state index contributed by atoms with van der Waals surface area (Å²) in [4.78, 5) is 35.7. The average molecular weight is 318 g/mol. The van der Waals surface area contributed by atoms with Crippen molar-refractivity contribution in [1.29, 1.82) is 0 Å². The SMILES string of the molecule is N[C@@H](CCCCN=C(C[C@@H](O)CCC(=O)O)C(=O)O)C(=O)O. The zero-order chi connectivity index (χ0) is 17.1. The van der Waals surface area contributed by atoms with Gasteiger partial charge in [-0.3, -0.25) is 14.6 Å². The number of carboxylic acid groups (broad SMARTS) is 3. The molecule has 0 aromatic heterocycles. The Balaban J connectivity index is 4.19. The van der Waals surface area contributed by atoms with Gasteiger partial charge in [0, 0.05) is 19.4 Å². The number of hydrogen-bond donors (Lipinski definition) is 5. The maximum Gasteiger partial charge on any atom is 0.349 e. The molecule has 9 nitrogen and oxygen atoms in total. The van der Waals surface area contributed by atoms with Crippen LogP contribution >= 0.6 is 0 Å². The maximum absolute atomic E-state index is 11.0. The third kappa shape index (κ3) is 9.83. The lowest BCUT2D eigenvalue weighted by Gasteiger charge is -2.09. The molecule has 0 amide bonds. The van der Waals surface area contributed by atoms with Gasteiger partial charge in [0.1, 0.15) is 11.8 Å². The molecule has 0 unspecified atom stereocenters. The Hall–Kier alpha value is -2.00. The second-order valence-electron chi connectivity index (χ2n) is 4.86. The molecule has 6 N–H and O–H groups in total. The van der Waals surface area contributed by atoms with Crippen molar-refractivity contribution in [2.45, 2.75) is 50.7 Å². The summed E-state index contributed by atoms with van der Waals surface area (Å²) in [6.45, 7) is 0.180. The van der Waals surface area contributed by atoms with Gasteiger partial charge in [-0.15, -0.1) is 0 Å². The minimum Gasteiger partial charge on any atom is -0.481 e. The first-order valence-electron chi connectivity index (χ1n) is 6.89. The van der Waals surface area contributed by atoms with E-state index in [9.17, 15) is 19.5 Å². The number of aliphatic imine (C=N–C) groups is 1. The third-order valence-corrected chi connectivity index (χ3v) is 2.91. The van der Waals surface area contributed by atoms with Crippen molar-refractivity contribution in [1.82, 2.24) is 0 Å². The lowest BCUT2D eigenvalue weighted by Crippen LogP contribution is -2.29. The highest BCUT2D eigenvalue weighted by atomic mass is 16.4. The van der Waals surface area contributed by atoms with Crippen molar-refractivity contribution in [2.24, 2.45) is 10.7 Å². The Morgan fingerprint density at radius 1 is 1.05 bits per heavy atom. The quantitative estimate of drug-likeness (QED) is 0.241. The highest BCUT2D eigenvalue weighted by Gasteiger charge is 2.16. The first kappa shape index (κ1) is 20.0. The van der Waals surface area contributed by atoms with E-state index >= 15 is 0 Å². The number of aliphatic hydroxyl groups excluding tert-OH is 1. The molecule has 126 valence electrons. The molecule has 0 radical (unpaired) electrons. The number of aliphatic carboxylic acids is 3. The van der Waals surface area contributed by atoms with Gasteiger partial charge in [-0.05, 0) is 25.7 Å². The van der Waals surface area contributed by atoms with Crippen LogP contribution in [0.25, 0.3) is 0 Å². The molecule has 0 bridgehead atoms. The largest absolute Gasteiger partial charge is 0.481 e. The normalized spacial score (nSPS) is 14.4. The van der Waals surface area contributed by atoms with Crippen LogP contribution in [0.4, 0.5) is 0 Å². The van der Waals surface area contributed by atoms with E-state index in [0.717, 1.165) is 0 Å². The van der Waals surface area contributed by atoms with Gasteiger partial charge in [0.15, 0.2) is 0 Å². The first-order valence-corrected chi connectivity index (χ1v) is 6.89. The number of unbranched alkanes of at least 4 members (excludes halogenated alkanes) is 1. The first-order chi connectivity index (χ1) is 10.2. The molecule has 2 atom stereocenters. The minimum atomic E-state index is -1.27. The Morgan fingerprint density at radius 2 is 1.68 bits per heavy atom. The molecule has 0 aromatic carbocycles. The van der Waals surface area contributed by atoms with Gasteiger partial charge in [-0.25, -0.2) is 4.79 Å². The fourth-order valence-corrected chi connectivity index (χ4v) is 1.65. The zero-order valence-electron chi connectivity index (χ0n) is 12.1. The van der Waals surface area contributed by atoms with E-state index in [4.69, 9.17) is 21.1 Å². The average Bonchev–Trinajstić information content (AvgIpc) is 2.42. The van der Waals surface area contributed by atoms with Crippen LogP contribution in [0, 0.1) is 0 Å². The molecule has 0 heterocycles. The molecule has 0 aliphatic carbocycles. The molecule has 0 aliphatic heterocycles. The Bertz CT molecular complexity index is 423. The highest BCUT2D eigenvalue weighted by Crippen LogP contribution is 2.05. The maximum atomic E-state index is 11.0. The Morgan fingerprint density at radius 3 is 2.18 bits per heavy atom. The van der Waals surface area contributed by atoms with Gasteiger partial charge in [0.25, 0.3) is 0 Å². The summed E-state index contributed by atoms with van der Waals surface area (Å²) in [5.41, 5.74) is 5.10. The summed E-state index contributed by atoms with van der Waals surface area (Å²) in [6, 6.07) is -0.944. The van der Waals surface area contributed by atoms with Gasteiger partial charge in [0.2, 0.25) is 0 Å². The number of carboxylic acids is 3. The summed E-state index contributed by atoms with van der Waals surface area (Å²) >= 11 is 0. The van der Waals surface area contributed by atoms with Crippen molar-refractivity contribution in [3.8, 4) is 0 Å². The summed E-state index contributed by atoms with van der Waals surface area (Å²) in [6.07, 6.45) is -0.359. The van der Waals surface area contributed by atoms with Crippen molar-refractivity contribution in [3.05, 3.63) is 0 Å². The van der Waals surface area contributed by atoms with Gasteiger partial charge < -0.3 is 26.2 Å². The van der Waals surface area contributed by atoms with Crippen LogP contribution in [-0.4, -0.2) is 62.7 Å². The van der Waals surface area contributed by atoms with E-state index in [0.29, 0.717) is 12.8 Å². The fraction of sp³-hybridized carbons (Fsp3) is 0.692.